The summed E-state index contributed by atoms with van der Waals surface area (Å²) >= 11 is 5.81. The first-order chi connectivity index (χ1) is 8.25. The van der Waals surface area contributed by atoms with Gasteiger partial charge in [0.05, 0.1) is 10.7 Å². The zero-order valence-electron chi connectivity index (χ0n) is 9.10. The number of aromatic hydroxyl groups is 1. The maximum absolute atomic E-state index is 9.28. The van der Waals surface area contributed by atoms with Crippen molar-refractivity contribution in [2.24, 2.45) is 0 Å². The van der Waals surface area contributed by atoms with E-state index in [2.05, 4.69) is 15.3 Å². The summed E-state index contributed by atoms with van der Waals surface area (Å²) in [5.74, 6) is 0.103. The number of hydrogen-bond donors (Lipinski definition) is 2. The molecule has 0 atom stereocenters. The Kier molecular flexibility index (Phi) is 3.90. The summed E-state index contributed by atoms with van der Waals surface area (Å²) in [6, 6.07) is 7.01. The number of phenols is 1. The maximum Gasteiger partial charge on any atom is 0.134 e. The number of halogens is 1. The highest BCUT2D eigenvalue weighted by Gasteiger charge is 2.00. The second kappa shape index (κ2) is 5.61. The molecule has 0 spiro atoms. The highest BCUT2D eigenvalue weighted by atomic mass is 35.5. The molecule has 0 radical (unpaired) electrons. The Morgan fingerprint density at radius 1 is 1.24 bits per heavy atom. The van der Waals surface area contributed by atoms with Crippen LogP contribution in [0.4, 0.5) is 0 Å². The van der Waals surface area contributed by atoms with E-state index in [0.717, 1.165) is 11.3 Å². The molecule has 0 saturated carbocycles. The van der Waals surface area contributed by atoms with Crippen molar-refractivity contribution in [3.05, 3.63) is 53.1 Å². The molecule has 0 amide bonds. The minimum Gasteiger partial charge on any atom is -0.506 e. The van der Waals surface area contributed by atoms with Crippen molar-refractivity contribution in [3.63, 3.8) is 0 Å². The van der Waals surface area contributed by atoms with Crippen LogP contribution in [0.25, 0.3) is 0 Å². The highest BCUT2D eigenvalue weighted by Crippen LogP contribution is 2.23. The van der Waals surface area contributed by atoms with Gasteiger partial charge in [0.1, 0.15) is 12.1 Å². The monoisotopic (exact) mass is 249 g/mol. The van der Waals surface area contributed by atoms with Crippen LogP contribution in [-0.2, 0) is 13.1 Å². The lowest BCUT2D eigenvalue weighted by Gasteiger charge is -2.05. The molecule has 88 valence electrons. The van der Waals surface area contributed by atoms with Crippen molar-refractivity contribution in [2.45, 2.75) is 13.1 Å². The van der Waals surface area contributed by atoms with Crippen LogP contribution in [0.5, 0.6) is 5.75 Å². The van der Waals surface area contributed by atoms with Crippen LogP contribution in [0.1, 0.15) is 11.3 Å². The molecule has 0 fully saturated rings. The molecule has 2 aromatic rings. The summed E-state index contributed by atoms with van der Waals surface area (Å²) in [5.41, 5.74) is 1.95. The topological polar surface area (TPSA) is 58.0 Å². The Balaban J connectivity index is 1.88. The molecule has 2 rings (SSSR count). The Labute approximate surface area is 104 Å². The fourth-order valence-electron chi connectivity index (χ4n) is 1.42. The van der Waals surface area contributed by atoms with Gasteiger partial charge in [-0.2, -0.15) is 0 Å². The minimum absolute atomic E-state index is 0.103. The van der Waals surface area contributed by atoms with E-state index in [1.54, 1.807) is 18.3 Å². The van der Waals surface area contributed by atoms with Crippen LogP contribution in [0.3, 0.4) is 0 Å². The van der Waals surface area contributed by atoms with Gasteiger partial charge in [0.25, 0.3) is 0 Å². The number of benzene rings is 1. The standard InChI is InChI=1S/C12H12ClN3O/c13-11-5-9(1-2-12(11)17)6-15-7-10-3-4-14-8-16-10/h1-5,8,15,17H,6-7H2. The molecule has 0 aliphatic rings. The van der Waals surface area contributed by atoms with E-state index in [0.29, 0.717) is 18.1 Å². The normalized spacial score (nSPS) is 10.4. The third kappa shape index (κ3) is 3.41. The average Bonchev–Trinajstić information content (AvgIpc) is 2.35. The third-order valence-electron chi connectivity index (χ3n) is 2.29. The van der Waals surface area contributed by atoms with Crippen LogP contribution < -0.4 is 5.32 Å². The predicted molar refractivity (Wildman–Crippen MR) is 65.7 cm³/mol. The van der Waals surface area contributed by atoms with Gasteiger partial charge in [-0.05, 0) is 23.8 Å². The van der Waals surface area contributed by atoms with E-state index < -0.39 is 0 Å². The second-order valence-electron chi connectivity index (χ2n) is 3.59. The van der Waals surface area contributed by atoms with E-state index in [1.807, 2.05) is 12.1 Å². The van der Waals surface area contributed by atoms with Crippen LogP contribution in [0.2, 0.25) is 5.02 Å². The smallest absolute Gasteiger partial charge is 0.134 e. The lowest BCUT2D eigenvalue weighted by Crippen LogP contribution is -2.13. The van der Waals surface area contributed by atoms with Gasteiger partial charge in [0.2, 0.25) is 0 Å². The molecule has 5 heteroatoms. The van der Waals surface area contributed by atoms with Gasteiger partial charge < -0.3 is 10.4 Å². The van der Waals surface area contributed by atoms with Crippen LogP contribution in [0.15, 0.2) is 36.8 Å². The van der Waals surface area contributed by atoms with Gasteiger partial charge in [0, 0.05) is 19.3 Å². The summed E-state index contributed by atoms with van der Waals surface area (Å²) in [5, 5.41) is 12.9. The first-order valence-corrected chi connectivity index (χ1v) is 5.56. The maximum atomic E-state index is 9.28. The third-order valence-corrected chi connectivity index (χ3v) is 2.59. The summed E-state index contributed by atoms with van der Waals surface area (Å²) in [6.45, 7) is 1.34. The Bertz CT molecular complexity index is 490. The van der Waals surface area contributed by atoms with Gasteiger partial charge in [-0.25, -0.2) is 9.97 Å². The van der Waals surface area contributed by atoms with Crippen LogP contribution in [0, 0.1) is 0 Å². The first-order valence-electron chi connectivity index (χ1n) is 5.19. The number of phenolic OH excluding ortho intramolecular Hbond substituents is 1. The fraction of sp³-hybridized carbons (Fsp3) is 0.167. The zero-order valence-corrected chi connectivity index (χ0v) is 9.85. The SMILES string of the molecule is Oc1ccc(CNCc2ccncn2)cc1Cl. The molecule has 0 bridgehead atoms. The number of aromatic nitrogens is 2. The minimum atomic E-state index is 0.103. The van der Waals surface area contributed by atoms with Crippen LogP contribution in [-0.4, -0.2) is 15.1 Å². The quantitative estimate of drug-likeness (QED) is 0.872. The molecule has 1 heterocycles. The van der Waals surface area contributed by atoms with E-state index in [-0.39, 0.29) is 5.75 Å². The molecule has 2 N–H and O–H groups in total. The molecule has 0 unspecified atom stereocenters. The molecular weight excluding hydrogens is 238 g/mol. The van der Waals surface area contributed by atoms with Gasteiger partial charge in [-0.3, -0.25) is 0 Å². The summed E-state index contributed by atoms with van der Waals surface area (Å²) < 4.78 is 0. The molecule has 1 aromatic carbocycles. The lowest BCUT2D eigenvalue weighted by molar-refractivity contribution is 0.475. The van der Waals surface area contributed by atoms with Crippen molar-refractivity contribution in [3.8, 4) is 5.75 Å². The summed E-state index contributed by atoms with van der Waals surface area (Å²) in [6.07, 6.45) is 3.23. The van der Waals surface area contributed by atoms with Gasteiger partial charge in [-0.15, -0.1) is 0 Å². The number of nitrogens with one attached hydrogen (secondary N) is 1. The van der Waals surface area contributed by atoms with E-state index in [9.17, 15) is 5.11 Å². The molecule has 0 saturated heterocycles. The van der Waals surface area contributed by atoms with Crippen molar-refractivity contribution in [1.29, 1.82) is 0 Å². The lowest BCUT2D eigenvalue weighted by atomic mass is 10.2. The second-order valence-corrected chi connectivity index (χ2v) is 4.00. The fourth-order valence-corrected chi connectivity index (χ4v) is 1.62. The summed E-state index contributed by atoms with van der Waals surface area (Å²) in [4.78, 5) is 7.95. The number of hydrogen-bond acceptors (Lipinski definition) is 4. The predicted octanol–water partition coefficient (Wildman–Crippen LogP) is 2.13. The summed E-state index contributed by atoms with van der Waals surface area (Å²) in [7, 11) is 0. The molecule has 1 aromatic heterocycles. The van der Waals surface area contributed by atoms with E-state index >= 15 is 0 Å². The molecule has 0 aliphatic carbocycles. The zero-order chi connectivity index (χ0) is 12.1. The first kappa shape index (κ1) is 11.8. The van der Waals surface area contributed by atoms with Crippen molar-refractivity contribution >= 4 is 11.6 Å². The largest absolute Gasteiger partial charge is 0.506 e. The average molecular weight is 250 g/mol. The highest BCUT2D eigenvalue weighted by molar-refractivity contribution is 6.32. The molecular formula is C12H12ClN3O. The Hall–Kier alpha value is -1.65. The van der Waals surface area contributed by atoms with E-state index in [4.69, 9.17) is 11.6 Å². The van der Waals surface area contributed by atoms with Gasteiger partial charge in [-0.1, -0.05) is 17.7 Å². The van der Waals surface area contributed by atoms with Crippen molar-refractivity contribution in [2.75, 3.05) is 0 Å². The number of nitrogens with zero attached hydrogens (tertiary/aromatic N) is 2. The number of rotatable bonds is 4. The molecule has 17 heavy (non-hydrogen) atoms. The van der Waals surface area contributed by atoms with Crippen molar-refractivity contribution < 1.29 is 5.11 Å². The van der Waals surface area contributed by atoms with Crippen molar-refractivity contribution in [1.82, 2.24) is 15.3 Å². The van der Waals surface area contributed by atoms with Gasteiger partial charge in [0.15, 0.2) is 0 Å². The molecule has 0 aliphatic heterocycles. The molecule has 4 nitrogen and oxygen atoms in total. The Morgan fingerprint density at radius 3 is 2.82 bits per heavy atom. The Morgan fingerprint density at radius 2 is 2.12 bits per heavy atom. The van der Waals surface area contributed by atoms with Crippen LogP contribution >= 0.6 is 11.6 Å². The van der Waals surface area contributed by atoms with Gasteiger partial charge >= 0.3 is 0 Å². The van der Waals surface area contributed by atoms with E-state index in [1.165, 1.54) is 6.33 Å².